The van der Waals surface area contributed by atoms with Crippen molar-refractivity contribution >= 4 is 11.2 Å². The van der Waals surface area contributed by atoms with Gasteiger partial charge in [0.15, 0.2) is 5.65 Å². The lowest BCUT2D eigenvalue weighted by atomic mass is 10.2. The number of aromatic amines is 1. The van der Waals surface area contributed by atoms with Gasteiger partial charge < -0.3 is 10.7 Å². The number of H-pyrrole nitrogens is 1. The lowest BCUT2D eigenvalue weighted by Gasteiger charge is -1.93. The second kappa shape index (κ2) is 4.15. The molecule has 5 heteroatoms. The minimum Gasteiger partial charge on any atom is -0.339 e. The van der Waals surface area contributed by atoms with E-state index in [1.165, 1.54) is 6.33 Å². The second-order valence-corrected chi connectivity index (χ2v) is 3.19. The van der Waals surface area contributed by atoms with E-state index in [1.54, 1.807) is 6.20 Å². The Labute approximate surface area is 81.8 Å². The van der Waals surface area contributed by atoms with E-state index in [0.29, 0.717) is 0 Å². The molecule has 0 spiro atoms. The van der Waals surface area contributed by atoms with Crippen LogP contribution >= 0.6 is 0 Å². The van der Waals surface area contributed by atoms with E-state index < -0.39 is 0 Å². The summed E-state index contributed by atoms with van der Waals surface area (Å²) in [5, 5.41) is 0. The molecule has 0 aliphatic heterocycles. The lowest BCUT2D eigenvalue weighted by Crippen LogP contribution is -1.99. The van der Waals surface area contributed by atoms with Gasteiger partial charge in [0.25, 0.3) is 0 Å². The van der Waals surface area contributed by atoms with E-state index in [2.05, 4.69) is 19.9 Å². The maximum Gasteiger partial charge on any atom is 0.180 e. The largest absolute Gasteiger partial charge is 0.339 e. The van der Waals surface area contributed by atoms with Crippen molar-refractivity contribution in [3.63, 3.8) is 0 Å². The zero-order valence-corrected chi connectivity index (χ0v) is 7.90. The van der Waals surface area contributed by atoms with Crippen LogP contribution in [-0.2, 0) is 6.42 Å². The summed E-state index contributed by atoms with van der Waals surface area (Å²) in [5.74, 6) is 0.967. The number of aryl methyl sites for hydroxylation is 1. The fraction of sp³-hybridized carbons (Fsp3) is 0.444. The first-order valence-corrected chi connectivity index (χ1v) is 4.75. The highest BCUT2D eigenvalue weighted by Crippen LogP contribution is 2.07. The van der Waals surface area contributed by atoms with Crippen molar-refractivity contribution < 1.29 is 0 Å². The molecule has 0 radical (unpaired) electrons. The molecule has 0 aliphatic carbocycles. The summed E-state index contributed by atoms with van der Waals surface area (Å²) in [5.41, 5.74) is 7.05. The van der Waals surface area contributed by atoms with E-state index in [-0.39, 0.29) is 0 Å². The number of nitrogens with one attached hydrogen (secondary N) is 1. The summed E-state index contributed by atoms with van der Waals surface area (Å²) in [7, 11) is 0. The van der Waals surface area contributed by atoms with Crippen LogP contribution in [0.2, 0.25) is 0 Å². The van der Waals surface area contributed by atoms with Crippen molar-refractivity contribution in [2.45, 2.75) is 19.3 Å². The maximum absolute atomic E-state index is 5.41. The number of fused-ring (bicyclic) bond motifs is 1. The van der Waals surface area contributed by atoms with Gasteiger partial charge in [0.1, 0.15) is 17.7 Å². The van der Waals surface area contributed by atoms with Crippen LogP contribution in [-0.4, -0.2) is 26.5 Å². The molecule has 0 atom stereocenters. The molecule has 74 valence electrons. The summed E-state index contributed by atoms with van der Waals surface area (Å²) < 4.78 is 0. The lowest BCUT2D eigenvalue weighted by molar-refractivity contribution is 0.724. The normalized spacial score (nSPS) is 10.9. The van der Waals surface area contributed by atoms with Gasteiger partial charge >= 0.3 is 0 Å². The Morgan fingerprint density at radius 2 is 2.29 bits per heavy atom. The Hall–Kier alpha value is -1.49. The van der Waals surface area contributed by atoms with Crippen molar-refractivity contribution in [3.8, 4) is 0 Å². The highest BCUT2D eigenvalue weighted by atomic mass is 15.0. The molecule has 0 aliphatic rings. The first kappa shape index (κ1) is 9.08. The number of unbranched alkanes of at least 4 members (excludes halogenated alkanes) is 1. The molecule has 0 aromatic carbocycles. The zero-order valence-electron chi connectivity index (χ0n) is 7.90. The van der Waals surface area contributed by atoms with Crippen molar-refractivity contribution in [3.05, 3.63) is 18.3 Å². The van der Waals surface area contributed by atoms with Gasteiger partial charge in [-0.15, -0.1) is 0 Å². The van der Waals surface area contributed by atoms with Crippen LogP contribution < -0.4 is 5.73 Å². The standard InChI is InChI=1S/C9H13N5/c10-4-2-1-3-8-13-7-5-11-6-12-9(7)14-8/h5-6H,1-4,10H2,(H,11,12,13,14). The van der Waals surface area contributed by atoms with Crippen LogP contribution in [0.4, 0.5) is 0 Å². The topological polar surface area (TPSA) is 80.5 Å². The monoisotopic (exact) mass is 191 g/mol. The molecule has 2 heterocycles. The summed E-state index contributed by atoms with van der Waals surface area (Å²) in [4.78, 5) is 15.5. The Bertz CT molecular complexity index is 375. The zero-order chi connectivity index (χ0) is 9.80. The van der Waals surface area contributed by atoms with Crippen LogP contribution in [0, 0.1) is 0 Å². The number of rotatable bonds is 4. The van der Waals surface area contributed by atoms with Crippen LogP contribution in [0.3, 0.4) is 0 Å². The number of nitrogens with zero attached hydrogens (tertiary/aromatic N) is 3. The summed E-state index contributed by atoms with van der Waals surface area (Å²) in [6.07, 6.45) is 6.26. The van der Waals surface area contributed by atoms with Crippen molar-refractivity contribution in [1.82, 2.24) is 19.9 Å². The molecule has 0 amide bonds. The Morgan fingerprint density at radius 3 is 3.07 bits per heavy atom. The average Bonchev–Trinajstić information content (AvgIpc) is 2.60. The number of nitrogens with two attached hydrogens (primary N) is 1. The Kier molecular flexibility index (Phi) is 2.69. The Morgan fingerprint density at radius 1 is 1.36 bits per heavy atom. The van der Waals surface area contributed by atoms with E-state index in [9.17, 15) is 0 Å². The van der Waals surface area contributed by atoms with Gasteiger partial charge in [0.2, 0.25) is 0 Å². The summed E-state index contributed by atoms with van der Waals surface area (Å²) >= 11 is 0. The highest BCUT2D eigenvalue weighted by molar-refractivity contribution is 5.68. The third-order valence-electron chi connectivity index (χ3n) is 2.08. The first-order valence-electron chi connectivity index (χ1n) is 4.75. The quantitative estimate of drug-likeness (QED) is 0.695. The fourth-order valence-electron chi connectivity index (χ4n) is 1.37. The molecule has 2 aromatic heterocycles. The smallest absolute Gasteiger partial charge is 0.180 e. The van der Waals surface area contributed by atoms with Gasteiger partial charge in [-0.2, -0.15) is 0 Å². The number of imidazole rings is 1. The van der Waals surface area contributed by atoms with Crippen LogP contribution in [0.25, 0.3) is 11.2 Å². The summed E-state index contributed by atoms with van der Waals surface area (Å²) in [6, 6.07) is 0. The molecule has 3 N–H and O–H groups in total. The molecule has 0 saturated carbocycles. The second-order valence-electron chi connectivity index (χ2n) is 3.19. The molecular formula is C9H13N5. The van der Waals surface area contributed by atoms with Crippen molar-refractivity contribution in [2.24, 2.45) is 5.73 Å². The molecule has 0 unspecified atom stereocenters. The number of hydrogen-bond acceptors (Lipinski definition) is 4. The van der Waals surface area contributed by atoms with Gasteiger partial charge in [0.05, 0.1) is 6.20 Å². The molecule has 2 rings (SSSR count). The van der Waals surface area contributed by atoms with Crippen LogP contribution in [0.15, 0.2) is 12.5 Å². The maximum atomic E-state index is 5.41. The molecule has 0 fully saturated rings. The predicted molar refractivity (Wildman–Crippen MR) is 53.7 cm³/mol. The molecule has 0 bridgehead atoms. The molecule has 5 nitrogen and oxygen atoms in total. The molecule has 14 heavy (non-hydrogen) atoms. The van der Waals surface area contributed by atoms with Crippen molar-refractivity contribution in [1.29, 1.82) is 0 Å². The van der Waals surface area contributed by atoms with Gasteiger partial charge in [-0.1, -0.05) is 0 Å². The average molecular weight is 191 g/mol. The van der Waals surface area contributed by atoms with Gasteiger partial charge in [0, 0.05) is 6.42 Å². The van der Waals surface area contributed by atoms with Gasteiger partial charge in [-0.05, 0) is 19.4 Å². The van der Waals surface area contributed by atoms with E-state index in [4.69, 9.17) is 5.73 Å². The third-order valence-corrected chi connectivity index (χ3v) is 2.08. The Balaban J connectivity index is 2.11. The number of aromatic nitrogens is 4. The van der Waals surface area contributed by atoms with Gasteiger partial charge in [-0.3, -0.25) is 0 Å². The van der Waals surface area contributed by atoms with E-state index in [1.807, 2.05) is 0 Å². The molecular weight excluding hydrogens is 178 g/mol. The highest BCUT2D eigenvalue weighted by Gasteiger charge is 2.02. The predicted octanol–water partition coefficient (Wildman–Crippen LogP) is 0.634. The van der Waals surface area contributed by atoms with Gasteiger partial charge in [-0.25, -0.2) is 15.0 Å². The molecule has 2 aromatic rings. The SMILES string of the molecule is NCCCCc1nc2ncncc2[nH]1. The third kappa shape index (κ3) is 1.88. The van der Waals surface area contributed by atoms with Crippen LogP contribution in [0.1, 0.15) is 18.7 Å². The van der Waals surface area contributed by atoms with E-state index >= 15 is 0 Å². The van der Waals surface area contributed by atoms with Crippen molar-refractivity contribution in [2.75, 3.05) is 6.54 Å². The van der Waals surface area contributed by atoms with Crippen LogP contribution in [0.5, 0.6) is 0 Å². The van der Waals surface area contributed by atoms with E-state index in [0.717, 1.165) is 42.8 Å². The molecule has 0 saturated heterocycles. The number of hydrogen-bond donors (Lipinski definition) is 2. The summed E-state index contributed by atoms with van der Waals surface area (Å²) in [6.45, 7) is 0.736. The minimum atomic E-state index is 0.736. The minimum absolute atomic E-state index is 0.736. The first-order chi connectivity index (χ1) is 6.90. The fourth-order valence-corrected chi connectivity index (χ4v) is 1.37.